The molecular formula is C30H26N4. The fourth-order valence-electron chi connectivity index (χ4n) is 4.07. The van der Waals surface area contributed by atoms with Gasteiger partial charge < -0.3 is 9.97 Å². The van der Waals surface area contributed by atoms with Crippen molar-refractivity contribution < 1.29 is 0 Å². The van der Waals surface area contributed by atoms with E-state index >= 15 is 0 Å². The summed E-state index contributed by atoms with van der Waals surface area (Å²) in [4.78, 5) is 14.7. The molecule has 7 aromatic rings. The largest absolute Gasteiger partial charge is 0.345 e. The van der Waals surface area contributed by atoms with E-state index in [1.54, 1.807) is 12.7 Å². The summed E-state index contributed by atoms with van der Waals surface area (Å²) in [7, 11) is 0. The van der Waals surface area contributed by atoms with Gasteiger partial charge in [0.2, 0.25) is 0 Å². The Labute approximate surface area is 198 Å². The zero-order chi connectivity index (χ0) is 23.3. The SMILES string of the molecule is Cc1ccc2nc[nH]c2c1C.c1ccc2c(c1)ccc1[nH]cnc12.c1ccc2ccccc2c1. The summed E-state index contributed by atoms with van der Waals surface area (Å²) in [6, 6.07) is 33.3. The van der Waals surface area contributed by atoms with Crippen LogP contribution >= 0.6 is 0 Å². The summed E-state index contributed by atoms with van der Waals surface area (Å²) in [6.45, 7) is 4.21. The third-order valence-corrected chi connectivity index (χ3v) is 6.10. The quantitative estimate of drug-likeness (QED) is 0.252. The van der Waals surface area contributed by atoms with Crippen LogP contribution in [-0.2, 0) is 0 Å². The van der Waals surface area contributed by atoms with Crippen LogP contribution in [0.2, 0.25) is 0 Å². The van der Waals surface area contributed by atoms with Gasteiger partial charge in [-0.15, -0.1) is 0 Å². The van der Waals surface area contributed by atoms with E-state index in [2.05, 4.69) is 113 Å². The van der Waals surface area contributed by atoms with E-state index in [4.69, 9.17) is 0 Å². The Morgan fingerprint density at radius 2 is 1.18 bits per heavy atom. The minimum absolute atomic E-state index is 1.05. The molecule has 34 heavy (non-hydrogen) atoms. The van der Waals surface area contributed by atoms with Gasteiger partial charge in [-0.05, 0) is 53.3 Å². The lowest BCUT2D eigenvalue weighted by Gasteiger charge is -1.98. The molecule has 5 aromatic carbocycles. The Balaban J connectivity index is 0.000000107. The smallest absolute Gasteiger partial charge is 0.0960 e. The lowest BCUT2D eigenvalue weighted by molar-refractivity contribution is 1.32. The van der Waals surface area contributed by atoms with Crippen LogP contribution in [0.1, 0.15) is 11.1 Å². The predicted molar refractivity (Wildman–Crippen MR) is 143 cm³/mol. The lowest BCUT2D eigenvalue weighted by Crippen LogP contribution is -1.81. The van der Waals surface area contributed by atoms with Crippen LogP contribution in [0.25, 0.3) is 43.6 Å². The number of benzene rings is 5. The van der Waals surface area contributed by atoms with Crippen molar-refractivity contribution in [2.45, 2.75) is 13.8 Å². The van der Waals surface area contributed by atoms with Gasteiger partial charge in [0.15, 0.2) is 0 Å². The van der Waals surface area contributed by atoms with E-state index in [-0.39, 0.29) is 0 Å². The van der Waals surface area contributed by atoms with Crippen molar-refractivity contribution in [1.29, 1.82) is 0 Å². The number of H-pyrrole nitrogens is 2. The lowest BCUT2D eigenvalue weighted by atomic mass is 10.1. The second-order valence-electron chi connectivity index (χ2n) is 8.24. The van der Waals surface area contributed by atoms with Crippen LogP contribution in [0.4, 0.5) is 0 Å². The first kappa shape index (κ1) is 21.4. The topological polar surface area (TPSA) is 57.4 Å². The van der Waals surface area contributed by atoms with Crippen molar-refractivity contribution in [1.82, 2.24) is 19.9 Å². The van der Waals surface area contributed by atoms with Gasteiger partial charge in [-0.3, -0.25) is 0 Å². The van der Waals surface area contributed by atoms with Crippen LogP contribution in [0, 0.1) is 13.8 Å². The second-order valence-corrected chi connectivity index (χ2v) is 8.24. The third kappa shape index (κ3) is 4.39. The maximum atomic E-state index is 4.29. The number of aryl methyl sites for hydroxylation is 2. The van der Waals surface area contributed by atoms with Gasteiger partial charge in [-0.2, -0.15) is 0 Å². The number of aromatic amines is 2. The molecule has 0 saturated carbocycles. The van der Waals surface area contributed by atoms with E-state index in [0.29, 0.717) is 0 Å². The first-order valence-corrected chi connectivity index (χ1v) is 11.3. The monoisotopic (exact) mass is 442 g/mol. The molecule has 2 heterocycles. The first-order valence-electron chi connectivity index (χ1n) is 11.3. The molecule has 0 aliphatic carbocycles. The summed E-state index contributed by atoms with van der Waals surface area (Å²) >= 11 is 0. The molecule has 0 aliphatic rings. The number of rotatable bonds is 0. The van der Waals surface area contributed by atoms with Gasteiger partial charge in [0.25, 0.3) is 0 Å². The number of hydrogen-bond donors (Lipinski definition) is 2. The minimum Gasteiger partial charge on any atom is -0.345 e. The van der Waals surface area contributed by atoms with Crippen molar-refractivity contribution in [2.24, 2.45) is 0 Å². The number of nitrogens with one attached hydrogen (secondary N) is 2. The fourth-order valence-corrected chi connectivity index (χ4v) is 4.07. The van der Waals surface area contributed by atoms with Crippen LogP contribution in [0.15, 0.2) is 110 Å². The average molecular weight is 443 g/mol. The number of fused-ring (bicyclic) bond motifs is 5. The van der Waals surface area contributed by atoms with E-state index in [1.807, 2.05) is 18.2 Å². The molecule has 0 fully saturated rings. The van der Waals surface area contributed by atoms with Gasteiger partial charge in [-0.25, -0.2) is 9.97 Å². The maximum absolute atomic E-state index is 4.29. The molecule has 0 bridgehead atoms. The van der Waals surface area contributed by atoms with E-state index in [0.717, 1.165) is 22.1 Å². The molecule has 0 amide bonds. The highest BCUT2D eigenvalue weighted by Crippen LogP contribution is 2.21. The summed E-state index contributed by atoms with van der Waals surface area (Å²) in [5, 5.41) is 5.07. The Kier molecular flexibility index (Phi) is 6.04. The van der Waals surface area contributed by atoms with Crippen molar-refractivity contribution >= 4 is 43.6 Å². The zero-order valence-corrected chi connectivity index (χ0v) is 19.3. The number of hydrogen-bond acceptors (Lipinski definition) is 2. The molecule has 2 N–H and O–H groups in total. The molecule has 2 aromatic heterocycles. The Hall–Kier alpha value is -4.44. The van der Waals surface area contributed by atoms with Crippen molar-refractivity contribution in [3.05, 3.63) is 121 Å². The second kappa shape index (κ2) is 9.59. The van der Waals surface area contributed by atoms with Crippen molar-refractivity contribution in [3.63, 3.8) is 0 Å². The first-order chi connectivity index (χ1) is 16.7. The average Bonchev–Trinajstić information content (AvgIpc) is 3.57. The van der Waals surface area contributed by atoms with E-state index in [1.165, 1.54) is 32.7 Å². The summed E-state index contributed by atoms with van der Waals surface area (Å²) in [5.74, 6) is 0. The summed E-state index contributed by atoms with van der Waals surface area (Å²) in [5.41, 5.74) is 6.96. The molecular weight excluding hydrogens is 416 g/mol. The standard InChI is InChI=1S/C11H8N2.C10H8.C9H10N2/c1-2-4-9-8(3-1)5-6-10-11(9)13-7-12-10;1-2-6-10-8-4-3-7-9(10)5-1;1-6-3-4-8-9(7(6)2)11-5-10-8/h1-7H,(H,12,13);1-8H;3-5H,1-2H3,(H,10,11). The Morgan fingerprint density at radius 1 is 0.559 bits per heavy atom. The summed E-state index contributed by atoms with van der Waals surface area (Å²) in [6.07, 6.45) is 3.47. The number of nitrogens with zero attached hydrogens (tertiary/aromatic N) is 2. The van der Waals surface area contributed by atoms with Crippen LogP contribution in [-0.4, -0.2) is 19.9 Å². The maximum Gasteiger partial charge on any atom is 0.0960 e. The molecule has 0 atom stereocenters. The van der Waals surface area contributed by atoms with Crippen LogP contribution in [0.3, 0.4) is 0 Å². The highest BCUT2D eigenvalue weighted by molar-refractivity contribution is 6.03. The predicted octanol–water partition coefficient (Wildman–Crippen LogP) is 7.74. The van der Waals surface area contributed by atoms with E-state index < -0.39 is 0 Å². The normalized spacial score (nSPS) is 10.6. The van der Waals surface area contributed by atoms with Gasteiger partial charge in [0.1, 0.15) is 0 Å². The molecule has 0 radical (unpaired) electrons. The highest BCUT2D eigenvalue weighted by atomic mass is 14.9. The minimum atomic E-state index is 1.05. The Morgan fingerprint density at radius 3 is 1.88 bits per heavy atom. The van der Waals surface area contributed by atoms with E-state index in [9.17, 15) is 0 Å². The molecule has 7 rings (SSSR count). The molecule has 0 spiro atoms. The number of imidazole rings is 2. The number of aromatic nitrogens is 4. The molecule has 0 aliphatic heterocycles. The van der Waals surface area contributed by atoms with Gasteiger partial charge in [-0.1, -0.05) is 84.9 Å². The molecule has 0 saturated heterocycles. The zero-order valence-electron chi connectivity index (χ0n) is 19.3. The molecule has 166 valence electrons. The van der Waals surface area contributed by atoms with Crippen LogP contribution < -0.4 is 0 Å². The molecule has 4 nitrogen and oxygen atoms in total. The van der Waals surface area contributed by atoms with Gasteiger partial charge >= 0.3 is 0 Å². The van der Waals surface area contributed by atoms with Gasteiger partial charge in [0, 0.05) is 5.39 Å². The van der Waals surface area contributed by atoms with Gasteiger partial charge in [0.05, 0.1) is 34.7 Å². The highest BCUT2D eigenvalue weighted by Gasteiger charge is 2.01. The van der Waals surface area contributed by atoms with Crippen molar-refractivity contribution in [3.8, 4) is 0 Å². The molecule has 0 unspecified atom stereocenters. The van der Waals surface area contributed by atoms with Crippen LogP contribution in [0.5, 0.6) is 0 Å². The summed E-state index contributed by atoms with van der Waals surface area (Å²) < 4.78 is 0. The van der Waals surface area contributed by atoms with Crippen molar-refractivity contribution in [2.75, 3.05) is 0 Å². The third-order valence-electron chi connectivity index (χ3n) is 6.10. The fraction of sp³-hybridized carbons (Fsp3) is 0.0667. The molecule has 4 heteroatoms. The Bertz CT molecular complexity index is 1630.